The predicted octanol–water partition coefficient (Wildman–Crippen LogP) is 3.40. The van der Waals surface area contributed by atoms with E-state index < -0.39 is 0 Å². The van der Waals surface area contributed by atoms with E-state index in [1.807, 2.05) is 0 Å². The van der Waals surface area contributed by atoms with Gasteiger partial charge < -0.3 is 14.8 Å². The van der Waals surface area contributed by atoms with Crippen LogP contribution in [0.2, 0.25) is 0 Å². The molecule has 3 aliphatic heterocycles. The average molecular weight is 409 g/mol. The van der Waals surface area contributed by atoms with Crippen molar-refractivity contribution < 1.29 is 9.47 Å². The molecule has 3 saturated heterocycles. The van der Waals surface area contributed by atoms with Crippen LogP contribution in [0.3, 0.4) is 0 Å². The second-order valence-electron chi connectivity index (χ2n) is 10.3. The second-order valence-corrected chi connectivity index (χ2v) is 10.3. The van der Waals surface area contributed by atoms with Crippen LogP contribution in [0.5, 0.6) is 0 Å². The standard InChI is InChI=1S/C24H46N3O2/c1-20(2)22(26-11-15-28-16-12-26)19-24(3,4)23(27-13-17-29-18-14-27)6-5-21-7-9-25-10-8-21/h20-22,25H,5-19H2,1-4H3. The maximum atomic E-state index is 5.69. The molecule has 5 nitrogen and oxygen atoms in total. The van der Waals surface area contributed by atoms with Crippen LogP contribution in [0, 0.1) is 23.3 Å². The molecule has 3 heterocycles. The number of ether oxygens (including phenoxy) is 2. The third kappa shape index (κ3) is 6.90. The van der Waals surface area contributed by atoms with Gasteiger partial charge in [0.15, 0.2) is 0 Å². The highest BCUT2D eigenvalue weighted by Crippen LogP contribution is 2.42. The summed E-state index contributed by atoms with van der Waals surface area (Å²) in [5, 5.41) is 3.52. The lowest BCUT2D eigenvalue weighted by Gasteiger charge is -2.47. The molecule has 1 radical (unpaired) electrons. The van der Waals surface area contributed by atoms with Crippen molar-refractivity contribution in [3.8, 4) is 0 Å². The first-order chi connectivity index (χ1) is 14.0. The fourth-order valence-electron chi connectivity index (χ4n) is 5.61. The molecule has 29 heavy (non-hydrogen) atoms. The summed E-state index contributed by atoms with van der Waals surface area (Å²) in [7, 11) is 0. The lowest BCUT2D eigenvalue weighted by molar-refractivity contribution is -0.0164. The van der Waals surface area contributed by atoms with E-state index in [4.69, 9.17) is 9.47 Å². The van der Waals surface area contributed by atoms with Gasteiger partial charge in [0, 0.05) is 38.3 Å². The Morgan fingerprint density at radius 2 is 1.55 bits per heavy atom. The highest BCUT2D eigenvalue weighted by molar-refractivity contribution is 5.05. The van der Waals surface area contributed by atoms with Crippen molar-refractivity contribution in [3.05, 3.63) is 6.04 Å². The van der Waals surface area contributed by atoms with E-state index in [0.717, 1.165) is 58.5 Å². The fraction of sp³-hybridized carbons (Fsp3) is 0.958. The molecule has 3 fully saturated rings. The molecule has 1 N–H and O–H groups in total. The van der Waals surface area contributed by atoms with Crippen LogP contribution in [0.4, 0.5) is 0 Å². The minimum atomic E-state index is 0.220. The third-order valence-corrected chi connectivity index (χ3v) is 7.43. The van der Waals surface area contributed by atoms with Gasteiger partial charge in [-0.15, -0.1) is 0 Å². The van der Waals surface area contributed by atoms with Crippen molar-refractivity contribution in [3.63, 3.8) is 0 Å². The molecule has 0 aliphatic carbocycles. The summed E-state index contributed by atoms with van der Waals surface area (Å²) >= 11 is 0. The fourth-order valence-corrected chi connectivity index (χ4v) is 5.61. The summed E-state index contributed by atoms with van der Waals surface area (Å²) < 4.78 is 11.3. The van der Waals surface area contributed by atoms with Crippen LogP contribution in [0.15, 0.2) is 0 Å². The Labute approximate surface area is 179 Å². The zero-order chi connectivity index (χ0) is 20.7. The molecule has 0 aromatic carbocycles. The maximum Gasteiger partial charge on any atom is 0.0594 e. The highest BCUT2D eigenvalue weighted by atomic mass is 16.5. The Balaban J connectivity index is 1.68. The number of rotatable bonds is 9. The van der Waals surface area contributed by atoms with Crippen molar-refractivity contribution in [2.45, 2.75) is 65.8 Å². The van der Waals surface area contributed by atoms with Crippen molar-refractivity contribution >= 4 is 0 Å². The van der Waals surface area contributed by atoms with E-state index in [2.05, 4.69) is 42.8 Å². The maximum absolute atomic E-state index is 5.69. The smallest absolute Gasteiger partial charge is 0.0594 e. The normalized spacial score (nSPS) is 25.0. The van der Waals surface area contributed by atoms with Gasteiger partial charge in [-0.3, -0.25) is 9.80 Å². The molecule has 0 aromatic heterocycles. The summed E-state index contributed by atoms with van der Waals surface area (Å²) in [6, 6.07) is 2.32. The molecule has 169 valence electrons. The lowest BCUT2D eigenvalue weighted by atomic mass is 9.72. The van der Waals surface area contributed by atoms with Gasteiger partial charge in [0.2, 0.25) is 0 Å². The summed E-state index contributed by atoms with van der Waals surface area (Å²) in [5.41, 5.74) is 0.220. The molecule has 0 bridgehead atoms. The first-order valence-corrected chi connectivity index (χ1v) is 12.2. The molecule has 3 aliphatic rings. The lowest BCUT2D eigenvalue weighted by Crippen LogP contribution is -2.51. The molecular weight excluding hydrogens is 362 g/mol. The van der Waals surface area contributed by atoms with E-state index in [9.17, 15) is 0 Å². The molecule has 5 heteroatoms. The number of piperidine rings is 1. The summed E-state index contributed by atoms with van der Waals surface area (Å²) in [5.74, 6) is 1.56. The van der Waals surface area contributed by atoms with Crippen LogP contribution < -0.4 is 5.32 Å². The Hall–Kier alpha value is -0.200. The number of hydrogen-bond acceptors (Lipinski definition) is 5. The molecule has 0 saturated carbocycles. The van der Waals surface area contributed by atoms with Gasteiger partial charge in [-0.05, 0) is 62.4 Å². The quantitative estimate of drug-likeness (QED) is 0.633. The Kier molecular flexibility index (Phi) is 9.25. The van der Waals surface area contributed by atoms with Gasteiger partial charge in [-0.1, -0.05) is 27.7 Å². The van der Waals surface area contributed by atoms with E-state index >= 15 is 0 Å². The van der Waals surface area contributed by atoms with Crippen molar-refractivity contribution in [2.75, 3.05) is 65.7 Å². The van der Waals surface area contributed by atoms with E-state index in [0.29, 0.717) is 12.0 Å². The Morgan fingerprint density at radius 1 is 0.966 bits per heavy atom. The summed E-state index contributed by atoms with van der Waals surface area (Å²) in [4.78, 5) is 5.38. The van der Waals surface area contributed by atoms with Gasteiger partial charge in [-0.2, -0.15) is 0 Å². The van der Waals surface area contributed by atoms with Gasteiger partial charge in [-0.25, -0.2) is 0 Å². The third-order valence-electron chi connectivity index (χ3n) is 7.43. The molecule has 0 amide bonds. The number of morpholine rings is 2. The number of nitrogens with zero attached hydrogens (tertiary/aromatic N) is 2. The predicted molar refractivity (Wildman–Crippen MR) is 120 cm³/mol. The number of hydrogen-bond donors (Lipinski definition) is 1. The summed E-state index contributed by atoms with van der Waals surface area (Å²) in [6.45, 7) is 20.1. The number of nitrogens with one attached hydrogen (secondary N) is 1. The van der Waals surface area contributed by atoms with Crippen LogP contribution >= 0.6 is 0 Å². The zero-order valence-electron chi connectivity index (χ0n) is 19.5. The monoisotopic (exact) mass is 408 g/mol. The first kappa shape index (κ1) is 23.5. The zero-order valence-corrected chi connectivity index (χ0v) is 19.5. The van der Waals surface area contributed by atoms with Crippen LogP contribution in [0.1, 0.15) is 59.8 Å². The van der Waals surface area contributed by atoms with E-state index in [1.165, 1.54) is 45.2 Å². The minimum absolute atomic E-state index is 0.220. The topological polar surface area (TPSA) is 37.0 Å². The Morgan fingerprint density at radius 3 is 2.14 bits per heavy atom. The van der Waals surface area contributed by atoms with Crippen LogP contribution in [-0.2, 0) is 9.47 Å². The average Bonchev–Trinajstić information content (AvgIpc) is 2.74. The van der Waals surface area contributed by atoms with Gasteiger partial charge in [0.25, 0.3) is 0 Å². The first-order valence-electron chi connectivity index (χ1n) is 12.2. The van der Waals surface area contributed by atoms with E-state index in [1.54, 1.807) is 6.04 Å². The molecule has 0 aromatic rings. The summed E-state index contributed by atoms with van der Waals surface area (Å²) in [6.07, 6.45) is 6.54. The minimum Gasteiger partial charge on any atom is -0.379 e. The molecule has 1 atom stereocenters. The van der Waals surface area contributed by atoms with Crippen LogP contribution in [0.25, 0.3) is 0 Å². The van der Waals surface area contributed by atoms with Crippen molar-refractivity contribution in [2.24, 2.45) is 17.3 Å². The highest BCUT2D eigenvalue weighted by Gasteiger charge is 2.39. The second kappa shape index (κ2) is 11.4. The molecule has 1 unspecified atom stereocenters. The molecule has 0 spiro atoms. The Bertz CT molecular complexity index is 453. The largest absolute Gasteiger partial charge is 0.379 e. The van der Waals surface area contributed by atoms with Gasteiger partial charge in [0.1, 0.15) is 0 Å². The van der Waals surface area contributed by atoms with E-state index in [-0.39, 0.29) is 5.41 Å². The molecular formula is C24H46N3O2. The van der Waals surface area contributed by atoms with Gasteiger partial charge in [0.05, 0.1) is 26.4 Å². The SMILES string of the molecule is CC(C)C(CC(C)(C)[C](CCC1CCNCC1)N1CCOCC1)N1CCOCC1. The molecule has 3 rings (SSSR count). The van der Waals surface area contributed by atoms with Crippen molar-refractivity contribution in [1.82, 2.24) is 15.1 Å². The van der Waals surface area contributed by atoms with Crippen molar-refractivity contribution in [1.29, 1.82) is 0 Å². The van der Waals surface area contributed by atoms with Crippen LogP contribution in [-0.4, -0.2) is 81.5 Å². The van der Waals surface area contributed by atoms with Gasteiger partial charge >= 0.3 is 0 Å².